The number of hydrogen-bond donors (Lipinski definition) is 2. The molecular weight excluding hydrogens is 258 g/mol. The summed E-state index contributed by atoms with van der Waals surface area (Å²) >= 11 is 0. The molecule has 1 saturated heterocycles. The average molecular weight is 287 g/mol. The first-order chi connectivity index (χ1) is 9.45. The highest BCUT2D eigenvalue weighted by Gasteiger charge is 2.36. The van der Waals surface area contributed by atoms with Crippen LogP contribution in [0.1, 0.15) is 19.8 Å². The molecule has 6 nitrogen and oxygen atoms in total. The van der Waals surface area contributed by atoms with Gasteiger partial charge in [0.15, 0.2) is 0 Å². The minimum Gasteiger partial charge on any atom is -0.392 e. The predicted octanol–water partition coefficient (Wildman–Crippen LogP) is -0.476. The maximum absolute atomic E-state index is 12.1. The van der Waals surface area contributed by atoms with E-state index in [1.807, 2.05) is 21.0 Å². The molecule has 1 heterocycles. The molecule has 1 aliphatic heterocycles. The van der Waals surface area contributed by atoms with Gasteiger partial charge in [-0.3, -0.25) is 9.69 Å². The molecule has 1 aliphatic rings. The van der Waals surface area contributed by atoms with E-state index in [0.717, 1.165) is 19.4 Å². The first-order valence-electron chi connectivity index (χ1n) is 7.31. The summed E-state index contributed by atoms with van der Waals surface area (Å²) in [4.78, 5) is 16.3. The van der Waals surface area contributed by atoms with Gasteiger partial charge in [-0.25, -0.2) is 0 Å². The Morgan fingerprint density at radius 2 is 2.25 bits per heavy atom. The zero-order chi connectivity index (χ0) is 15.1. The van der Waals surface area contributed by atoms with E-state index in [1.165, 1.54) is 0 Å². The predicted molar refractivity (Wildman–Crippen MR) is 78.6 cm³/mol. The fraction of sp³-hybridized carbons (Fsp3) is 0.929. The number of aliphatic hydroxyl groups is 1. The summed E-state index contributed by atoms with van der Waals surface area (Å²) in [5.74, 6) is 0.0268. The van der Waals surface area contributed by atoms with Crippen LogP contribution in [0.2, 0.25) is 0 Å². The molecule has 0 saturated carbocycles. The molecule has 0 bridgehead atoms. The number of carbonyl (C=O) groups excluding carboxylic acids is 1. The van der Waals surface area contributed by atoms with Crippen LogP contribution in [0.4, 0.5) is 0 Å². The summed E-state index contributed by atoms with van der Waals surface area (Å²) in [6.07, 6.45) is 1.22. The third-order valence-corrected chi connectivity index (χ3v) is 3.71. The third kappa shape index (κ3) is 5.36. The van der Waals surface area contributed by atoms with Gasteiger partial charge in [-0.1, -0.05) is 0 Å². The highest BCUT2D eigenvalue weighted by molar-refractivity contribution is 5.81. The minimum absolute atomic E-state index is 0.0268. The van der Waals surface area contributed by atoms with Crippen molar-refractivity contribution in [3.8, 4) is 0 Å². The van der Waals surface area contributed by atoms with E-state index >= 15 is 0 Å². The highest BCUT2D eigenvalue weighted by atomic mass is 16.5. The Bertz CT molecular complexity index is 299. The Kier molecular flexibility index (Phi) is 7.43. The normalized spacial score (nSPS) is 25.1. The van der Waals surface area contributed by atoms with E-state index in [4.69, 9.17) is 4.74 Å². The number of amides is 1. The molecule has 2 N–H and O–H groups in total. The van der Waals surface area contributed by atoms with Crippen LogP contribution in [0.15, 0.2) is 0 Å². The molecule has 0 aromatic heterocycles. The van der Waals surface area contributed by atoms with E-state index in [-0.39, 0.29) is 24.1 Å². The second-order valence-corrected chi connectivity index (χ2v) is 5.82. The molecule has 0 spiro atoms. The second kappa shape index (κ2) is 8.56. The Morgan fingerprint density at radius 3 is 2.85 bits per heavy atom. The van der Waals surface area contributed by atoms with Gasteiger partial charge in [0.2, 0.25) is 5.91 Å². The molecule has 0 aromatic carbocycles. The number of hydrogen-bond acceptors (Lipinski definition) is 5. The molecule has 0 aliphatic carbocycles. The van der Waals surface area contributed by atoms with Crippen molar-refractivity contribution >= 4 is 5.91 Å². The first-order valence-corrected chi connectivity index (χ1v) is 7.31. The van der Waals surface area contributed by atoms with Crippen LogP contribution < -0.4 is 5.32 Å². The standard InChI is InChI=1S/C14H29N3O3/c1-11(14(19)15-6-5-7-20-4)17-10-13(18)8-12(17)9-16(2)3/h11-13,18H,5-10H2,1-4H3,(H,15,19). The maximum atomic E-state index is 12.1. The van der Waals surface area contributed by atoms with Gasteiger partial charge in [0, 0.05) is 39.4 Å². The number of likely N-dealkylation sites (tertiary alicyclic amines) is 1. The van der Waals surface area contributed by atoms with Crippen molar-refractivity contribution < 1.29 is 14.6 Å². The number of nitrogens with zero attached hydrogens (tertiary/aromatic N) is 2. The Balaban J connectivity index is 2.46. The van der Waals surface area contributed by atoms with Crippen LogP contribution in [0.3, 0.4) is 0 Å². The fourth-order valence-corrected chi connectivity index (χ4v) is 2.72. The number of likely N-dealkylation sites (N-methyl/N-ethyl adjacent to an activating group) is 1. The lowest BCUT2D eigenvalue weighted by Gasteiger charge is -2.31. The SMILES string of the molecule is COCCCNC(=O)C(C)N1CC(O)CC1CN(C)C. The lowest BCUT2D eigenvalue weighted by atomic mass is 10.1. The molecule has 20 heavy (non-hydrogen) atoms. The van der Waals surface area contributed by atoms with Crippen molar-refractivity contribution in [2.24, 2.45) is 0 Å². The quantitative estimate of drug-likeness (QED) is 0.591. The van der Waals surface area contributed by atoms with Gasteiger partial charge >= 0.3 is 0 Å². The summed E-state index contributed by atoms with van der Waals surface area (Å²) in [5.41, 5.74) is 0. The average Bonchev–Trinajstić information content (AvgIpc) is 2.73. The van der Waals surface area contributed by atoms with E-state index in [1.54, 1.807) is 7.11 Å². The maximum Gasteiger partial charge on any atom is 0.237 e. The number of carbonyl (C=O) groups is 1. The largest absolute Gasteiger partial charge is 0.392 e. The molecule has 1 rings (SSSR count). The molecule has 0 aromatic rings. The van der Waals surface area contributed by atoms with Gasteiger partial charge in [0.25, 0.3) is 0 Å². The molecule has 0 radical (unpaired) electrons. The van der Waals surface area contributed by atoms with E-state index in [2.05, 4.69) is 15.1 Å². The van der Waals surface area contributed by atoms with Crippen molar-refractivity contribution in [1.29, 1.82) is 0 Å². The molecule has 118 valence electrons. The van der Waals surface area contributed by atoms with Gasteiger partial charge in [0.05, 0.1) is 12.1 Å². The van der Waals surface area contributed by atoms with Crippen molar-refractivity contribution in [3.05, 3.63) is 0 Å². The van der Waals surface area contributed by atoms with Crippen LogP contribution in [0.5, 0.6) is 0 Å². The Morgan fingerprint density at radius 1 is 1.55 bits per heavy atom. The monoisotopic (exact) mass is 287 g/mol. The van der Waals surface area contributed by atoms with Gasteiger partial charge in [0.1, 0.15) is 0 Å². The van der Waals surface area contributed by atoms with Crippen LogP contribution in [-0.2, 0) is 9.53 Å². The van der Waals surface area contributed by atoms with E-state index in [9.17, 15) is 9.90 Å². The van der Waals surface area contributed by atoms with Gasteiger partial charge < -0.3 is 20.1 Å². The number of aliphatic hydroxyl groups excluding tert-OH is 1. The molecule has 6 heteroatoms. The van der Waals surface area contributed by atoms with Crippen LogP contribution in [-0.4, -0.2) is 86.4 Å². The zero-order valence-corrected chi connectivity index (χ0v) is 13.1. The lowest BCUT2D eigenvalue weighted by molar-refractivity contribution is -0.126. The molecular formula is C14H29N3O3. The van der Waals surface area contributed by atoms with Crippen molar-refractivity contribution in [3.63, 3.8) is 0 Å². The van der Waals surface area contributed by atoms with Crippen LogP contribution in [0, 0.1) is 0 Å². The zero-order valence-electron chi connectivity index (χ0n) is 13.1. The van der Waals surface area contributed by atoms with Crippen LogP contribution in [0.25, 0.3) is 0 Å². The molecule has 1 fully saturated rings. The van der Waals surface area contributed by atoms with Crippen molar-refractivity contribution in [2.45, 2.75) is 38.0 Å². The first kappa shape index (κ1) is 17.4. The summed E-state index contributed by atoms with van der Waals surface area (Å²) in [7, 11) is 5.68. The summed E-state index contributed by atoms with van der Waals surface area (Å²) in [5, 5.41) is 12.8. The van der Waals surface area contributed by atoms with E-state index in [0.29, 0.717) is 19.7 Å². The van der Waals surface area contributed by atoms with Gasteiger partial charge in [-0.2, -0.15) is 0 Å². The smallest absolute Gasteiger partial charge is 0.237 e. The molecule has 3 atom stereocenters. The Labute approximate surface area is 122 Å². The third-order valence-electron chi connectivity index (χ3n) is 3.71. The number of methoxy groups -OCH3 is 1. The number of β-amino-alcohol motifs (C(OH)–C–C–N with tert-alkyl or cyclic N) is 1. The highest BCUT2D eigenvalue weighted by Crippen LogP contribution is 2.21. The number of ether oxygens (including phenoxy) is 1. The fourth-order valence-electron chi connectivity index (χ4n) is 2.72. The van der Waals surface area contributed by atoms with Gasteiger partial charge in [-0.15, -0.1) is 0 Å². The number of rotatable bonds is 8. The van der Waals surface area contributed by atoms with Crippen molar-refractivity contribution in [2.75, 3.05) is 47.4 Å². The summed E-state index contributed by atoms with van der Waals surface area (Å²) in [6.45, 7) is 4.63. The summed E-state index contributed by atoms with van der Waals surface area (Å²) < 4.78 is 4.96. The Hall–Kier alpha value is -0.690. The van der Waals surface area contributed by atoms with E-state index < -0.39 is 0 Å². The topological polar surface area (TPSA) is 65.0 Å². The molecule has 1 amide bonds. The summed E-state index contributed by atoms with van der Waals surface area (Å²) in [6, 6.07) is 0.0272. The van der Waals surface area contributed by atoms with Crippen LogP contribution >= 0.6 is 0 Å². The van der Waals surface area contributed by atoms with Crippen molar-refractivity contribution in [1.82, 2.24) is 15.1 Å². The second-order valence-electron chi connectivity index (χ2n) is 5.82. The number of nitrogens with one attached hydrogen (secondary N) is 1. The molecule has 3 unspecified atom stereocenters. The minimum atomic E-state index is -0.330. The van der Waals surface area contributed by atoms with Gasteiger partial charge in [-0.05, 0) is 33.9 Å². The lowest BCUT2D eigenvalue weighted by Crippen LogP contribution is -2.50.